The number of anilines is 2. The Morgan fingerprint density at radius 3 is 2.84 bits per heavy atom. The zero-order valence-corrected chi connectivity index (χ0v) is 11.0. The molecule has 0 aliphatic carbocycles. The van der Waals surface area contributed by atoms with Gasteiger partial charge in [0.2, 0.25) is 5.91 Å². The SMILES string of the molecule is COCc1nc(NN)cc(NC2CCN(C)C2=O)n1. The first-order valence-electron chi connectivity index (χ1n) is 5.99. The number of nitrogens with zero attached hydrogens (tertiary/aromatic N) is 3. The maximum Gasteiger partial charge on any atom is 0.244 e. The minimum atomic E-state index is -0.249. The van der Waals surface area contributed by atoms with E-state index in [-0.39, 0.29) is 18.6 Å². The van der Waals surface area contributed by atoms with Crippen LogP contribution in [0.4, 0.5) is 11.6 Å². The molecule has 0 radical (unpaired) electrons. The lowest BCUT2D eigenvalue weighted by atomic mass is 10.2. The van der Waals surface area contributed by atoms with Crippen molar-refractivity contribution in [3.63, 3.8) is 0 Å². The first-order chi connectivity index (χ1) is 9.13. The fourth-order valence-electron chi connectivity index (χ4n) is 1.97. The van der Waals surface area contributed by atoms with Crippen molar-refractivity contribution in [3.8, 4) is 0 Å². The topological polar surface area (TPSA) is 105 Å². The van der Waals surface area contributed by atoms with Crippen LogP contribution in [0.15, 0.2) is 6.07 Å². The molecule has 0 aromatic carbocycles. The number of nitrogens with one attached hydrogen (secondary N) is 2. The van der Waals surface area contributed by atoms with E-state index in [1.807, 2.05) is 0 Å². The highest BCUT2D eigenvalue weighted by Gasteiger charge is 2.29. The zero-order chi connectivity index (χ0) is 13.8. The molecule has 1 aliphatic heterocycles. The Morgan fingerprint density at radius 1 is 1.53 bits per heavy atom. The Morgan fingerprint density at radius 2 is 2.26 bits per heavy atom. The molecule has 2 rings (SSSR count). The zero-order valence-electron chi connectivity index (χ0n) is 11.0. The highest BCUT2D eigenvalue weighted by atomic mass is 16.5. The summed E-state index contributed by atoms with van der Waals surface area (Å²) in [6.45, 7) is 1.03. The van der Waals surface area contributed by atoms with Crippen LogP contribution >= 0.6 is 0 Å². The molecule has 1 unspecified atom stereocenters. The van der Waals surface area contributed by atoms with E-state index in [9.17, 15) is 4.79 Å². The number of likely N-dealkylation sites (tertiary alicyclic amines) is 1. The van der Waals surface area contributed by atoms with Gasteiger partial charge in [-0.15, -0.1) is 0 Å². The molecule has 2 heterocycles. The van der Waals surface area contributed by atoms with Crippen molar-refractivity contribution in [1.29, 1.82) is 0 Å². The lowest BCUT2D eigenvalue weighted by molar-refractivity contribution is -0.127. The largest absolute Gasteiger partial charge is 0.377 e. The summed E-state index contributed by atoms with van der Waals surface area (Å²) in [5.41, 5.74) is 2.47. The third kappa shape index (κ3) is 3.09. The van der Waals surface area contributed by atoms with Crippen molar-refractivity contribution in [2.24, 2.45) is 5.84 Å². The van der Waals surface area contributed by atoms with Gasteiger partial charge in [-0.1, -0.05) is 0 Å². The molecular formula is C11H18N6O2. The Balaban J connectivity index is 2.15. The number of hydrogen-bond acceptors (Lipinski definition) is 7. The third-order valence-electron chi connectivity index (χ3n) is 2.94. The van der Waals surface area contributed by atoms with Gasteiger partial charge in [0.15, 0.2) is 5.82 Å². The van der Waals surface area contributed by atoms with Gasteiger partial charge in [-0.2, -0.15) is 0 Å². The smallest absolute Gasteiger partial charge is 0.244 e. The number of likely N-dealkylation sites (N-methyl/N-ethyl adjacent to an activating group) is 1. The van der Waals surface area contributed by atoms with Crippen LogP contribution in [0.5, 0.6) is 0 Å². The fourth-order valence-corrected chi connectivity index (χ4v) is 1.97. The van der Waals surface area contributed by atoms with Crippen LogP contribution in [0.25, 0.3) is 0 Å². The predicted molar refractivity (Wildman–Crippen MR) is 70.2 cm³/mol. The van der Waals surface area contributed by atoms with Crippen molar-refractivity contribution in [2.75, 3.05) is 31.4 Å². The molecule has 8 nitrogen and oxygen atoms in total. The van der Waals surface area contributed by atoms with Crippen molar-refractivity contribution in [1.82, 2.24) is 14.9 Å². The second-order valence-corrected chi connectivity index (χ2v) is 4.38. The molecular weight excluding hydrogens is 248 g/mol. The monoisotopic (exact) mass is 266 g/mol. The normalized spacial score (nSPS) is 18.8. The summed E-state index contributed by atoms with van der Waals surface area (Å²) in [6.07, 6.45) is 0.754. The molecule has 1 aliphatic rings. The molecule has 0 saturated carbocycles. The van der Waals surface area contributed by atoms with Crippen molar-refractivity contribution in [3.05, 3.63) is 11.9 Å². The van der Waals surface area contributed by atoms with Crippen LogP contribution in [0.1, 0.15) is 12.2 Å². The van der Waals surface area contributed by atoms with Crippen LogP contribution in [0.2, 0.25) is 0 Å². The molecule has 1 amide bonds. The van der Waals surface area contributed by atoms with Crippen LogP contribution in [0.3, 0.4) is 0 Å². The van der Waals surface area contributed by atoms with Crippen molar-refractivity contribution < 1.29 is 9.53 Å². The van der Waals surface area contributed by atoms with Crippen molar-refractivity contribution >= 4 is 17.5 Å². The lowest BCUT2D eigenvalue weighted by Crippen LogP contribution is -2.31. The molecule has 1 saturated heterocycles. The Bertz CT molecular complexity index is 466. The number of methoxy groups -OCH3 is 1. The predicted octanol–water partition coefficient (Wildman–Crippen LogP) is -0.449. The second-order valence-electron chi connectivity index (χ2n) is 4.38. The first-order valence-corrected chi connectivity index (χ1v) is 5.99. The number of hydrazine groups is 1. The van der Waals surface area contributed by atoms with Gasteiger partial charge in [0.05, 0.1) is 0 Å². The number of hydrogen-bond donors (Lipinski definition) is 3. The molecule has 0 spiro atoms. The van der Waals surface area contributed by atoms with E-state index in [0.29, 0.717) is 17.5 Å². The summed E-state index contributed by atoms with van der Waals surface area (Å²) >= 11 is 0. The highest BCUT2D eigenvalue weighted by molar-refractivity contribution is 5.86. The van der Waals surface area contributed by atoms with Crippen molar-refractivity contribution in [2.45, 2.75) is 19.1 Å². The number of aromatic nitrogens is 2. The summed E-state index contributed by atoms with van der Waals surface area (Å²) < 4.78 is 4.99. The molecule has 1 aromatic heterocycles. The van der Waals surface area contributed by atoms with Gasteiger partial charge < -0.3 is 20.4 Å². The highest BCUT2D eigenvalue weighted by Crippen LogP contribution is 2.17. The van der Waals surface area contributed by atoms with Crippen LogP contribution < -0.4 is 16.6 Å². The molecule has 4 N–H and O–H groups in total. The first kappa shape index (κ1) is 13.5. The molecule has 1 fully saturated rings. The molecule has 104 valence electrons. The standard InChI is InChI=1S/C11H18N6O2/c1-17-4-3-7(11(17)18)13-8-5-9(16-12)15-10(14-8)6-19-2/h5,7H,3-4,6,12H2,1-2H3,(H2,13,14,15,16). The van der Waals surface area contributed by atoms with E-state index in [0.717, 1.165) is 13.0 Å². The summed E-state index contributed by atoms with van der Waals surface area (Å²) in [6, 6.07) is 1.41. The summed E-state index contributed by atoms with van der Waals surface area (Å²) in [7, 11) is 3.35. The van der Waals surface area contributed by atoms with E-state index in [1.165, 1.54) is 0 Å². The van der Waals surface area contributed by atoms with Crippen LogP contribution in [0, 0.1) is 0 Å². The van der Waals surface area contributed by atoms with E-state index >= 15 is 0 Å². The van der Waals surface area contributed by atoms with Gasteiger partial charge in [0, 0.05) is 26.8 Å². The van der Waals surface area contributed by atoms with Gasteiger partial charge in [0.25, 0.3) is 0 Å². The van der Waals surface area contributed by atoms with Gasteiger partial charge >= 0.3 is 0 Å². The number of nitrogen functional groups attached to an aromatic ring is 1. The Labute approximate surface area is 111 Å². The third-order valence-corrected chi connectivity index (χ3v) is 2.94. The Kier molecular flexibility index (Phi) is 4.13. The summed E-state index contributed by atoms with van der Waals surface area (Å²) in [4.78, 5) is 21.9. The summed E-state index contributed by atoms with van der Waals surface area (Å²) in [5.74, 6) is 6.95. The average Bonchev–Trinajstić information content (AvgIpc) is 2.71. The van der Waals surface area contributed by atoms with E-state index in [1.54, 1.807) is 25.1 Å². The molecule has 1 atom stereocenters. The average molecular weight is 266 g/mol. The maximum absolute atomic E-state index is 11.8. The molecule has 19 heavy (non-hydrogen) atoms. The summed E-state index contributed by atoms with van der Waals surface area (Å²) in [5, 5.41) is 3.10. The van der Waals surface area contributed by atoms with Gasteiger partial charge in [-0.3, -0.25) is 4.79 Å². The number of carbonyl (C=O) groups is 1. The van der Waals surface area contributed by atoms with Crippen LogP contribution in [-0.4, -0.2) is 47.5 Å². The quantitative estimate of drug-likeness (QED) is 0.489. The maximum atomic E-state index is 11.8. The van der Waals surface area contributed by atoms with Crippen LogP contribution in [-0.2, 0) is 16.1 Å². The molecule has 8 heteroatoms. The van der Waals surface area contributed by atoms with Gasteiger partial charge in [0.1, 0.15) is 24.3 Å². The number of ether oxygens (including phenoxy) is 1. The molecule has 1 aromatic rings. The van der Waals surface area contributed by atoms with Gasteiger partial charge in [-0.25, -0.2) is 15.8 Å². The minimum Gasteiger partial charge on any atom is -0.377 e. The second kappa shape index (κ2) is 5.81. The van der Waals surface area contributed by atoms with E-state index < -0.39 is 0 Å². The fraction of sp³-hybridized carbons (Fsp3) is 0.545. The van der Waals surface area contributed by atoms with E-state index in [2.05, 4.69) is 20.7 Å². The number of rotatable bonds is 5. The number of carbonyl (C=O) groups excluding carboxylic acids is 1. The number of nitrogens with two attached hydrogens (primary N) is 1. The van der Waals surface area contributed by atoms with E-state index in [4.69, 9.17) is 10.6 Å². The minimum absolute atomic E-state index is 0.0640. The lowest BCUT2D eigenvalue weighted by Gasteiger charge is -2.14. The Hall–Kier alpha value is -1.93. The number of amides is 1. The molecule has 0 bridgehead atoms. The van der Waals surface area contributed by atoms with Gasteiger partial charge in [-0.05, 0) is 6.42 Å².